The number of fused-ring (bicyclic) bond motifs is 2. The van der Waals surface area contributed by atoms with Gasteiger partial charge >= 0.3 is 0 Å². The SMILES string of the molecule is N#CC1=C(N)Oc2c(c(-c3ccccc3)nn2-c2ccccc2)[C@H]1c1ccc2c(c1)OCO2. The molecule has 0 bridgehead atoms. The minimum absolute atomic E-state index is 0.0596. The maximum atomic E-state index is 10.0. The highest BCUT2D eigenvalue weighted by molar-refractivity contribution is 5.72. The van der Waals surface area contributed by atoms with Crippen molar-refractivity contribution in [3.05, 3.63) is 101 Å². The van der Waals surface area contributed by atoms with E-state index in [0.29, 0.717) is 23.0 Å². The Morgan fingerprint density at radius 1 is 0.939 bits per heavy atom. The van der Waals surface area contributed by atoms with Crippen LogP contribution in [0.15, 0.2) is 90.3 Å². The molecular weight excluding hydrogens is 416 g/mol. The van der Waals surface area contributed by atoms with E-state index in [1.807, 2.05) is 78.9 Å². The fourth-order valence-electron chi connectivity index (χ4n) is 4.32. The summed E-state index contributed by atoms with van der Waals surface area (Å²) < 4.78 is 18.9. The van der Waals surface area contributed by atoms with Crippen molar-refractivity contribution in [1.82, 2.24) is 9.78 Å². The summed E-state index contributed by atoms with van der Waals surface area (Å²) in [5.74, 6) is 1.36. The standard InChI is InChI=1S/C26H18N4O3/c27-14-19-22(17-11-12-20-21(13-17)32-15-31-20)23-24(16-7-3-1-4-8-16)29-30(26(23)33-25(19)28)18-9-5-2-6-10-18/h1-13,22H,15,28H2/t22-/m0/s1. The smallest absolute Gasteiger partial charge is 0.231 e. The molecule has 7 nitrogen and oxygen atoms in total. The van der Waals surface area contributed by atoms with Crippen LogP contribution in [-0.4, -0.2) is 16.6 Å². The second kappa shape index (κ2) is 7.46. The van der Waals surface area contributed by atoms with E-state index < -0.39 is 5.92 Å². The van der Waals surface area contributed by atoms with Gasteiger partial charge in [-0.2, -0.15) is 15.0 Å². The van der Waals surface area contributed by atoms with Crippen LogP contribution in [0.4, 0.5) is 0 Å². The fourth-order valence-corrected chi connectivity index (χ4v) is 4.32. The van der Waals surface area contributed by atoms with Gasteiger partial charge in [-0.15, -0.1) is 0 Å². The maximum absolute atomic E-state index is 10.0. The molecule has 0 fully saturated rings. The highest BCUT2D eigenvalue weighted by atomic mass is 16.7. The van der Waals surface area contributed by atoms with Crippen molar-refractivity contribution < 1.29 is 14.2 Å². The van der Waals surface area contributed by atoms with E-state index in [9.17, 15) is 5.26 Å². The summed E-state index contributed by atoms with van der Waals surface area (Å²) in [5.41, 5.74) is 10.7. The quantitative estimate of drug-likeness (QED) is 0.511. The van der Waals surface area contributed by atoms with E-state index in [-0.39, 0.29) is 12.7 Å². The molecule has 1 atom stereocenters. The van der Waals surface area contributed by atoms with Crippen molar-refractivity contribution in [1.29, 1.82) is 5.26 Å². The van der Waals surface area contributed by atoms with Gasteiger partial charge in [0.25, 0.3) is 0 Å². The minimum Gasteiger partial charge on any atom is -0.454 e. The van der Waals surface area contributed by atoms with Crippen LogP contribution in [0, 0.1) is 11.3 Å². The molecular formula is C26H18N4O3. The highest BCUT2D eigenvalue weighted by Gasteiger charge is 2.38. The highest BCUT2D eigenvalue weighted by Crippen LogP contribution is 2.49. The van der Waals surface area contributed by atoms with Crippen LogP contribution in [0.25, 0.3) is 16.9 Å². The monoisotopic (exact) mass is 434 g/mol. The van der Waals surface area contributed by atoms with Crippen LogP contribution in [0.2, 0.25) is 0 Å². The molecule has 4 aromatic rings. The molecule has 2 aliphatic heterocycles. The van der Waals surface area contributed by atoms with Crippen LogP contribution in [0.1, 0.15) is 17.0 Å². The molecule has 2 aliphatic rings. The molecule has 0 amide bonds. The summed E-state index contributed by atoms with van der Waals surface area (Å²) in [6, 6.07) is 27.5. The molecule has 2 N–H and O–H groups in total. The van der Waals surface area contributed by atoms with Crippen molar-refractivity contribution in [3.63, 3.8) is 0 Å². The molecule has 0 saturated heterocycles. The largest absolute Gasteiger partial charge is 0.454 e. The number of hydrogen-bond donors (Lipinski definition) is 1. The van der Waals surface area contributed by atoms with Gasteiger partial charge in [0, 0.05) is 5.56 Å². The summed E-state index contributed by atoms with van der Waals surface area (Å²) in [7, 11) is 0. The summed E-state index contributed by atoms with van der Waals surface area (Å²) in [6.07, 6.45) is 0. The van der Waals surface area contributed by atoms with Crippen molar-refractivity contribution in [3.8, 4) is 40.4 Å². The van der Waals surface area contributed by atoms with Crippen LogP contribution in [-0.2, 0) is 0 Å². The normalized spacial score (nSPS) is 16.2. The van der Waals surface area contributed by atoms with Crippen LogP contribution < -0.4 is 19.9 Å². The topological polar surface area (TPSA) is 95.3 Å². The van der Waals surface area contributed by atoms with Gasteiger partial charge in [-0.05, 0) is 29.8 Å². The third-order valence-electron chi connectivity index (χ3n) is 5.83. The van der Waals surface area contributed by atoms with Crippen molar-refractivity contribution in [2.45, 2.75) is 5.92 Å². The third kappa shape index (κ3) is 3.00. The second-order valence-corrected chi connectivity index (χ2v) is 7.72. The summed E-state index contributed by atoms with van der Waals surface area (Å²) in [5, 5.41) is 15.0. The molecule has 0 spiro atoms. The predicted molar refractivity (Wildman–Crippen MR) is 121 cm³/mol. The number of aromatic nitrogens is 2. The number of rotatable bonds is 3. The van der Waals surface area contributed by atoms with Crippen molar-refractivity contribution >= 4 is 0 Å². The Morgan fingerprint density at radius 3 is 2.42 bits per heavy atom. The Kier molecular flexibility index (Phi) is 4.30. The number of nitrogens with two attached hydrogens (primary N) is 1. The first-order valence-corrected chi connectivity index (χ1v) is 10.5. The van der Waals surface area contributed by atoms with Gasteiger partial charge in [0.15, 0.2) is 11.5 Å². The lowest BCUT2D eigenvalue weighted by atomic mass is 9.83. The Labute approximate surface area is 189 Å². The van der Waals surface area contributed by atoms with Gasteiger partial charge in [-0.25, -0.2) is 0 Å². The Morgan fingerprint density at radius 2 is 1.67 bits per heavy atom. The van der Waals surface area contributed by atoms with Gasteiger partial charge in [0.05, 0.1) is 17.2 Å². The summed E-state index contributed by atoms with van der Waals surface area (Å²) in [4.78, 5) is 0. The van der Waals surface area contributed by atoms with E-state index in [2.05, 4.69) is 6.07 Å². The van der Waals surface area contributed by atoms with Crippen LogP contribution >= 0.6 is 0 Å². The Bertz CT molecular complexity index is 1440. The van der Waals surface area contributed by atoms with E-state index >= 15 is 0 Å². The van der Waals surface area contributed by atoms with Gasteiger partial charge in [-0.3, -0.25) is 0 Å². The molecule has 3 heterocycles. The van der Waals surface area contributed by atoms with E-state index in [1.54, 1.807) is 4.68 Å². The number of benzene rings is 3. The molecule has 3 aromatic carbocycles. The fraction of sp³-hybridized carbons (Fsp3) is 0.0769. The molecule has 0 aliphatic carbocycles. The lowest BCUT2D eigenvalue weighted by Gasteiger charge is -2.25. The molecule has 7 heteroatoms. The number of nitriles is 1. The Hall–Kier alpha value is -4.70. The molecule has 160 valence electrons. The van der Waals surface area contributed by atoms with E-state index in [4.69, 9.17) is 25.0 Å². The molecule has 1 aromatic heterocycles. The van der Waals surface area contributed by atoms with E-state index in [0.717, 1.165) is 28.1 Å². The van der Waals surface area contributed by atoms with Gasteiger partial charge in [-0.1, -0.05) is 54.6 Å². The zero-order valence-corrected chi connectivity index (χ0v) is 17.4. The first-order chi connectivity index (χ1) is 16.2. The molecule has 0 unspecified atom stereocenters. The second-order valence-electron chi connectivity index (χ2n) is 7.72. The number of nitrogens with zero attached hydrogens (tertiary/aromatic N) is 3. The number of allylic oxidation sites excluding steroid dienone is 1. The van der Waals surface area contributed by atoms with Crippen molar-refractivity contribution in [2.24, 2.45) is 5.73 Å². The van der Waals surface area contributed by atoms with Crippen LogP contribution in [0.5, 0.6) is 17.4 Å². The lowest BCUT2D eigenvalue weighted by Crippen LogP contribution is -2.22. The van der Waals surface area contributed by atoms with Gasteiger partial charge < -0.3 is 19.9 Å². The molecule has 6 rings (SSSR count). The maximum Gasteiger partial charge on any atom is 0.231 e. The summed E-state index contributed by atoms with van der Waals surface area (Å²) in [6.45, 7) is 0.169. The van der Waals surface area contributed by atoms with Crippen molar-refractivity contribution in [2.75, 3.05) is 6.79 Å². The number of para-hydroxylation sites is 1. The van der Waals surface area contributed by atoms with Crippen LogP contribution in [0.3, 0.4) is 0 Å². The Balaban J connectivity index is 1.64. The first-order valence-electron chi connectivity index (χ1n) is 10.5. The predicted octanol–water partition coefficient (Wildman–Crippen LogP) is 4.49. The summed E-state index contributed by atoms with van der Waals surface area (Å²) >= 11 is 0. The van der Waals surface area contributed by atoms with E-state index in [1.165, 1.54) is 0 Å². The number of hydrogen-bond acceptors (Lipinski definition) is 6. The lowest BCUT2D eigenvalue weighted by molar-refractivity contribution is 0.174. The zero-order chi connectivity index (χ0) is 22.4. The number of ether oxygens (including phenoxy) is 3. The zero-order valence-electron chi connectivity index (χ0n) is 17.4. The van der Waals surface area contributed by atoms with Gasteiger partial charge in [0.1, 0.15) is 17.3 Å². The molecule has 0 radical (unpaired) electrons. The average molecular weight is 434 g/mol. The first kappa shape index (κ1) is 19.0. The average Bonchev–Trinajstić information content (AvgIpc) is 3.48. The molecule has 33 heavy (non-hydrogen) atoms. The molecule has 0 saturated carbocycles. The minimum atomic E-state index is -0.485. The third-order valence-corrected chi connectivity index (χ3v) is 5.83. The van der Waals surface area contributed by atoms with Gasteiger partial charge in [0.2, 0.25) is 18.6 Å².